The molecule has 0 bridgehead atoms. The van der Waals surface area contributed by atoms with Gasteiger partial charge in [-0.05, 0) is 13.8 Å². The number of nitrogens with two attached hydrogens (primary N) is 1. The summed E-state index contributed by atoms with van der Waals surface area (Å²) >= 11 is 0. The van der Waals surface area contributed by atoms with Gasteiger partial charge in [-0.2, -0.15) is 0 Å². The maximum atomic E-state index is 5.10. The lowest BCUT2D eigenvalue weighted by Gasteiger charge is -1.96. The van der Waals surface area contributed by atoms with Crippen LogP contribution in [0.1, 0.15) is 13.8 Å². The number of quaternary nitrogens is 1. The van der Waals surface area contributed by atoms with Crippen LogP contribution in [0.15, 0.2) is 0 Å². The Morgan fingerprint density at radius 1 is 1.38 bits per heavy atom. The molecule has 0 aliphatic carbocycles. The topological polar surface area (TPSA) is 25.8 Å². The number of likely N-dealkylation sites (N-methyl/N-ethyl adjacent to an activating group) is 1. The van der Waals surface area contributed by atoms with E-state index in [0.717, 1.165) is 26.3 Å². The predicted molar refractivity (Wildman–Crippen MR) is 33.8 cm³/mol. The summed E-state index contributed by atoms with van der Waals surface area (Å²) in [5.41, 5.74) is 0. The molecular weight excluding hydrogens is 102 g/mol. The molecule has 0 fully saturated rings. The lowest BCUT2D eigenvalue weighted by atomic mass is 10.6. The van der Waals surface area contributed by atoms with Gasteiger partial charge in [-0.3, -0.25) is 0 Å². The maximum Gasteiger partial charge on any atom is 0.0993 e. The average Bonchev–Trinajstić information content (AvgIpc) is 1.81. The van der Waals surface area contributed by atoms with E-state index in [4.69, 9.17) is 4.74 Å². The average molecular weight is 118 g/mol. The Morgan fingerprint density at radius 3 is 2.62 bits per heavy atom. The zero-order valence-corrected chi connectivity index (χ0v) is 5.81. The van der Waals surface area contributed by atoms with Crippen molar-refractivity contribution in [3.05, 3.63) is 0 Å². The summed E-state index contributed by atoms with van der Waals surface area (Å²) < 4.78 is 5.10. The van der Waals surface area contributed by atoms with E-state index in [-0.39, 0.29) is 0 Å². The molecule has 0 aliphatic heterocycles. The molecule has 0 spiro atoms. The van der Waals surface area contributed by atoms with E-state index >= 15 is 0 Å². The molecule has 0 aromatic carbocycles. The fraction of sp³-hybridized carbons (Fsp3) is 1.00. The van der Waals surface area contributed by atoms with Gasteiger partial charge in [0.15, 0.2) is 0 Å². The Hall–Kier alpha value is -0.0800. The first kappa shape index (κ1) is 7.92. The third-order valence-electron chi connectivity index (χ3n) is 0.959. The first-order valence-corrected chi connectivity index (χ1v) is 3.31. The molecular formula is C6H16NO+. The number of hydrogen-bond donors (Lipinski definition) is 1. The van der Waals surface area contributed by atoms with E-state index in [1.807, 2.05) is 6.92 Å². The standard InChI is InChI=1S/C6H15NO/c1-3-7-5-6-8-4-2/h7H,3-6H2,1-2H3/p+1. The minimum atomic E-state index is 0.845. The summed E-state index contributed by atoms with van der Waals surface area (Å²) in [7, 11) is 0. The van der Waals surface area contributed by atoms with Crippen LogP contribution in [-0.4, -0.2) is 26.3 Å². The highest BCUT2D eigenvalue weighted by molar-refractivity contribution is 4.19. The van der Waals surface area contributed by atoms with Crippen molar-refractivity contribution in [3.63, 3.8) is 0 Å². The third-order valence-corrected chi connectivity index (χ3v) is 0.959. The summed E-state index contributed by atoms with van der Waals surface area (Å²) in [6, 6.07) is 0. The third kappa shape index (κ3) is 5.92. The summed E-state index contributed by atoms with van der Waals surface area (Å²) in [6.45, 7) is 8.16. The molecule has 8 heavy (non-hydrogen) atoms. The first-order valence-electron chi connectivity index (χ1n) is 3.31. The van der Waals surface area contributed by atoms with Gasteiger partial charge in [-0.15, -0.1) is 0 Å². The highest BCUT2D eigenvalue weighted by Crippen LogP contribution is 1.64. The maximum absolute atomic E-state index is 5.10. The fourth-order valence-corrected chi connectivity index (χ4v) is 0.515. The van der Waals surface area contributed by atoms with Crippen molar-refractivity contribution < 1.29 is 10.1 Å². The Bertz CT molecular complexity index is 33.5. The lowest BCUT2D eigenvalue weighted by molar-refractivity contribution is -0.653. The minimum absolute atomic E-state index is 0.845. The number of rotatable bonds is 5. The molecule has 0 heterocycles. The van der Waals surface area contributed by atoms with E-state index in [2.05, 4.69) is 12.2 Å². The molecule has 0 rings (SSSR count). The second kappa shape index (κ2) is 6.92. The normalized spacial score (nSPS) is 9.75. The van der Waals surface area contributed by atoms with E-state index in [9.17, 15) is 0 Å². The Balaban J connectivity index is 2.53. The summed E-state index contributed by atoms with van der Waals surface area (Å²) in [5, 5.41) is 2.23. The zero-order valence-electron chi connectivity index (χ0n) is 5.81. The molecule has 50 valence electrons. The Labute approximate surface area is 51.2 Å². The molecule has 2 nitrogen and oxygen atoms in total. The van der Waals surface area contributed by atoms with Gasteiger partial charge < -0.3 is 10.1 Å². The van der Waals surface area contributed by atoms with Crippen molar-refractivity contribution in [2.24, 2.45) is 0 Å². The molecule has 0 aromatic heterocycles. The van der Waals surface area contributed by atoms with Crippen LogP contribution in [0.2, 0.25) is 0 Å². The second-order valence-corrected chi connectivity index (χ2v) is 1.68. The first-order chi connectivity index (χ1) is 3.91. The molecule has 0 aromatic rings. The van der Waals surface area contributed by atoms with Crippen LogP contribution < -0.4 is 5.32 Å². The zero-order chi connectivity index (χ0) is 6.24. The SMILES string of the molecule is CC[NH2+]CCOCC. The van der Waals surface area contributed by atoms with Crippen molar-refractivity contribution in [1.29, 1.82) is 0 Å². The largest absolute Gasteiger partial charge is 0.376 e. The van der Waals surface area contributed by atoms with Gasteiger partial charge in [0.05, 0.1) is 19.7 Å². The van der Waals surface area contributed by atoms with Crippen molar-refractivity contribution in [2.75, 3.05) is 26.3 Å². The quantitative estimate of drug-likeness (QED) is 0.489. The Kier molecular flexibility index (Phi) is 6.85. The van der Waals surface area contributed by atoms with Crippen molar-refractivity contribution in [2.45, 2.75) is 13.8 Å². The molecule has 2 N–H and O–H groups in total. The van der Waals surface area contributed by atoms with Crippen LogP contribution in [0.25, 0.3) is 0 Å². The summed E-state index contributed by atoms with van der Waals surface area (Å²) in [4.78, 5) is 0. The van der Waals surface area contributed by atoms with Crippen LogP contribution >= 0.6 is 0 Å². The van der Waals surface area contributed by atoms with Gasteiger partial charge >= 0.3 is 0 Å². The number of ether oxygens (including phenoxy) is 1. The molecule has 0 saturated carbocycles. The Morgan fingerprint density at radius 2 is 2.12 bits per heavy atom. The molecule has 0 saturated heterocycles. The van der Waals surface area contributed by atoms with Crippen molar-refractivity contribution in [1.82, 2.24) is 0 Å². The fourth-order valence-electron chi connectivity index (χ4n) is 0.515. The van der Waals surface area contributed by atoms with Crippen LogP contribution in [0.5, 0.6) is 0 Å². The molecule has 0 radical (unpaired) electrons. The van der Waals surface area contributed by atoms with E-state index in [0.29, 0.717) is 0 Å². The highest BCUT2D eigenvalue weighted by atomic mass is 16.5. The van der Waals surface area contributed by atoms with E-state index in [1.165, 1.54) is 0 Å². The monoisotopic (exact) mass is 118 g/mol. The van der Waals surface area contributed by atoms with Gasteiger partial charge in [0.1, 0.15) is 0 Å². The van der Waals surface area contributed by atoms with Gasteiger partial charge in [0, 0.05) is 6.61 Å². The summed E-state index contributed by atoms with van der Waals surface area (Å²) in [6.07, 6.45) is 0. The molecule has 0 unspecified atom stereocenters. The van der Waals surface area contributed by atoms with E-state index < -0.39 is 0 Å². The minimum Gasteiger partial charge on any atom is -0.376 e. The van der Waals surface area contributed by atoms with Crippen LogP contribution in [0.4, 0.5) is 0 Å². The number of hydrogen-bond acceptors (Lipinski definition) is 1. The van der Waals surface area contributed by atoms with Gasteiger partial charge in [0.25, 0.3) is 0 Å². The molecule has 0 atom stereocenters. The smallest absolute Gasteiger partial charge is 0.0993 e. The highest BCUT2D eigenvalue weighted by Gasteiger charge is 1.83. The van der Waals surface area contributed by atoms with Crippen LogP contribution in [-0.2, 0) is 4.74 Å². The van der Waals surface area contributed by atoms with E-state index in [1.54, 1.807) is 0 Å². The van der Waals surface area contributed by atoms with Crippen molar-refractivity contribution >= 4 is 0 Å². The van der Waals surface area contributed by atoms with Crippen molar-refractivity contribution in [3.8, 4) is 0 Å². The van der Waals surface area contributed by atoms with Gasteiger partial charge in [-0.1, -0.05) is 0 Å². The summed E-state index contributed by atoms with van der Waals surface area (Å²) in [5.74, 6) is 0. The van der Waals surface area contributed by atoms with Gasteiger partial charge in [-0.25, -0.2) is 0 Å². The molecule has 2 heteroatoms. The molecule has 0 amide bonds. The lowest BCUT2D eigenvalue weighted by Crippen LogP contribution is -2.84. The molecule has 0 aliphatic rings. The predicted octanol–water partition coefficient (Wildman–Crippen LogP) is -0.394. The van der Waals surface area contributed by atoms with Crippen LogP contribution in [0, 0.1) is 0 Å². The van der Waals surface area contributed by atoms with Crippen LogP contribution in [0.3, 0.4) is 0 Å². The second-order valence-electron chi connectivity index (χ2n) is 1.68. The van der Waals surface area contributed by atoms with Gasteiger partial charge in [0.2, 0.25) is 0 Å².